The predicted molar refractivity (Wildman–Crippen MR) is 115 cm³/mol. The van der Waals surface area contributed by atoms with E-state index in [0.717, 1.165) is 18.5 Å². The molecular formula is C21H26BN2O7. The van der Waals surface area contributed by atoms with E-state index in [1.54, 1.807) is 48.5 Å². The Kier molecular flexibility index (Phi) is 11.4. The number of carbonyl (C=O) groups excluding carboxylic acids is 3. The first kappa shape index (κ1) is 25.7. The van der Waals surface area contributed by atoms with Crippen LogP contribution in [0.5, 0.6) is 11.5 Å². The lowest BCUT2D eigenvalue weighted by molar-refractivity contribution is -0.143. The average molecular weight is 429 g/mol. The molecule has 9 nitrogen and oxygen atoms in total. The molecule has 2 aromatic rings. The van der Waals surface area contributed by atoms with Gasteiger partial charge >= 0.3 is 11.9 Å². The number of phenolic OH excluding ortho intramolecular Hbond substituents is 2. The Hall–Kier alpha value is -3.37. The Labute approximate surface area is 181 Å². The van der Waals surface area contributed by atoms with Crippen LogP contribution in [0.3, 0.4) is 0 Å². The van der Waals surface area contributed by atoms with Crippen LogP contribution >= 0.6 is 0 Å². The molecule has 5 N–H and O–H groups in total. The maximum atomic E-state index is 11.4. The molecule has 0 aliphatic heterocycles. The first-order valence-corrected chi connectivity index (χ1v) is 9.30. The number of carbonyl (C=O) groups is 3. The highest BCUT2D eigenvalue weighted by atomic mass is 16.5. The van der Waals surface area contributed by atoms with Crippen molar-refractivity contribution in [3.8, 4) is 11.5 Å². The lowest BCUT2D eigenvalue weighted by Gasteiger charge is -2.14. The summed E-state index contributed by atoms with van der Waals surface area (Å²) in [5, 5.41) is 21.1. The number of nitrogens with two attached hydrogens (primary N) is 1. The summed E-state index contributed by atoms with van der Waals surface area (Å²) in [6.45, 7) is 0. The number of rotatable bonds is 9. The van der Waals surface area contributed by atoms with Crippen molar-refractivity contribution in [2.24, 2.45) is 5.73 Å². The first-order valence-electron chi connectivity index (χ1n) is 9.30. The van der Waals surface area contributed by atoms with Crippen LogP contribution in [-0.2, 0) is 36.7 Å². The van der Waals surface area contributed by atoms with E-state index in [1.807, 2.05) is 0 Å². The van der Waals surface area contributed by atoms with Gasteiger partial charge in [0.15, 0.2) is 0 Å². The van der Waals surface area contributed by atoms with Crippen LogP contribution in [-0.4, -0.2) is 62.1 Å². The third-order valence-electron chi connectivity index (χ3n) is 4.07. The van der Waals surface area contributed by atoms with Crippen molar-refractivity contribution < 1.29 is 34.1 Å². The summed E-state index contributed by atoms with van der Waals surface area (Å²) in [5.74, 6) is -0.621. The summed E-state index contributed by atoms with van der Waals surface area (Å²) < 4.78 is 9.10. The van der Waals surface area contributed by atoms with Gasteiger partial charge in [0, 0.05) is 0 Å². The molecule has 0 aromatic heterocycles. The van der Waals surface area contributed by atoms with Crippen molar-refractivity contribution in [1.29, 1.82) is 0 Å². The number of benzene rings is 2. The number of methoxy groups -OCH3 is 2. The average Bonchev–Trinajstić information content (AvgIpc) is 2.76. The molecule has 0 amide bonds. The maximum Gasteiger partial charge on any atom is 0.322 e. The molecule has 0 saturated heterocycles. The Balaban J connectivity index is 0.000000316. The molecule has 0 heterocycles. The van der Waals surface area contributed by atoms with Gasteiger partial charge < -0.3 is 35.4 Å². The van der Waals surface area contributed by atoms with E-state index < -0.39 is 24.0 Å². The third kappa shape index (κ3) is 9.79. The fourth-order valence-corrected chi connectivity index (χ4v) is 2.60. The zero-order valence-corrected chi connectivity index (χ0v) is 17.4. The molecule has 0 spiro atoms. The van der Waals surface area contributed by atoms with Crippen LogP contribution in [0.2, 0.25) is 0 Å². The van der Waals surface area contributed by atoms with Crippen molar-refractivity contribution in [3.63, 3.8) is 0 Å². The molecule has 10 heteroatoms. The van der Waals surface area contributed by atoms with Crippen LogP contribution in [0.4, 0.5) is 0 Å². The van der Waals surface area contributed by atoms with Crippen molar-refractivity contribution in [1.82, 2.24) is 5.23 Å². The van der Waals surface area contributed by atoms with Gasteiger partial charge in [-0.15, -0.1) is 0 Å². The molecule has 31 heavy (non-hydrogen) atoms. The number of nitrogens with one attached hydrogen (secondary N) is 1. The topological polar surface area (TPSA) is 148 Å². The molecule has 0 fully saturated rings. The van der Waals surface area contributed by atoms with Gasteiger partial charge in [0.05, 0.1) is 20.4 Å². The third-order valence-corrected chi connectivity index (χ3v) is 4.07. The fraction of sp³-hybridized carbons (Fsp3) is 0.286. The van der Waals surface area contributed by atoms with Gasteiger partial charge in [-0.05, 0) is 48.2 Å². The summed E-state index contributed by atoms with van der Waals surface area (Å²) >= 11 is 0. The second-order valence-corrected chi connectivity index (χ2v) is 6.42. The van der Waals surface area contributed by atoms with E-state index in [2.05, 4.69) is 14.7 Å². The van der Waals surface area contributed by atoms with Crippen molar-refractivity contribution in [3.05, 3.63) is 59.7 Å². The predicted octanol–water partition coefficient (Wildman–Crippen LogP) is 0.310. The molecule has 2 rings (SSSR count). The molecule has 165 valence electrons. The summed E-state index contributed by atoms with van der Waals surface area (Å²) in [6.07, 6.45) is 1.24. The second kappa shape index (κ2) is 13.8. The molecular weight excluding hydrogens is 403 g/mol. The summed E-state index contributed by atoms with van der Waals surface area (Å²) in [6, 6.07) is 11.9. The van der Waals surface area contributed by atoms with E-state index in [4.69, 9.17) is 10.8 Å². The highest BCUT2D eigenvalue weighted by Crippen LogP contribution is 2.13. The zero-order chi connectivity index (χ0) is 23.2. The van der Waals surface area contributed by atoms with Gasteiger partial charge in [0.1, 0.15) is 23.6 Å². The Morgan fingerprint density at radius 2 is 1.52 bits per heavy atom. The number of phenols is 2. The number of hydrogen-bond donors (Lipinski definition) is 4. The van der Waals surface area contributed by atoms with E-state index >= 15 is 0 Å². The minimum absolute atomic E-state index is 0.130. The van der Waals surface area contributed by atoms with E-state index in [1.165, 1.54) is 14.2 Å². The van der Waals surface area contributed by atoms with Gasteiger partial charge in [0.25, 0.3) is 7.41 Å². The Morgan fingerprint density at radius 1 is 1.00 bits per heavy atom. The van der Waals surface area contributed by atoms with Crippen molar-refractivity contribution in [2.45, 2.75) is 24.9 Å². The molecule has 2 atom stereocenters. The summed E-state index contributed by atoms with van der Waals surface area (Å²) in [5.41, 5.74) is 7.13. The Bertz CT molecular complexity index is 863. The zero-order valence-electron chi connectivity index (χ0n) is 17.4. The quantitative estimate of drug-likeness (QED) is 0.251. The highest BCUT2D eigenvalue weighted by Gasteiger charge is 2.19. The second-order valence-electron chi connectivity index (χ2n) is 6.42. The van der Waals surface area contributed by atoms with Gasteiger partial charge in [-0.1, -0.05) is 24.3 Å². The molecule has 2 aromatic carbocycles. The summed E-state index contributed by atoms with van der Waals surface area (Å²) in [7, 11) is 3.72. The fourth-order valence-electron chi connectivity index (χ4n) is 2.60. The van der Waals surface area contributed by atoms with E-state index in [9.17, 15) is 19.5 Å². The lowest BCUT2D eigenvalue weighted by atomic mass is 9.94. The molecule has 0 aliphatic carbocycles. The maximum absolute atomic E-state index is 11.4. The minimum atomic E-state index is -0.679. The SMILES string of the molecule is COC(=O)[C@@H](N)Cc1cccc(O)c1.COC(=O)[C@H](Cc1cccc(O)c1)N[B]C=O. The molecule has 1 radical (unpaired) electrons. The van der Waals surface area contributed by atoms with Gasteiger partial charge in [-0.2, -0.15) is 0 Å². The molecule has 0 unspecified atom stereocenters. The first-order chi connectivity index (χ1) is 14.8. The largest absolute Gasteiger partial charge is 0.508 e. The minimum Gasteiger partial charge on any atom is -0.508 e. The van der Waals surface area contributed by atoms with Crippen LogP contribution < -0.4 is 11.0 Å². The number of aromatic hydroxyl groups is 2. The molecule has 0 saturated carbocycles. The van der Waals surface area contributed by atoms with Crippen LogP contribution in [0.1, 0.15) is 11.1 Å². The standard InChI is InChI=1S/C11H13BNO4.C10H13NO3/c1-17-11(16)10(13-12-7-14)6-8-3-2-4-9(15)5-8;1-14-10(13)9(11)6-7-3-2-4-8(12)5-7/h2-5,7,10,13,15H,6H2,1H3;2-5,9,12H,6,11H2,1H3/t10-;9-/m00/s1. The Morgan fingerprint density at radius 3 is 1.97 bits per heavy atom. The number of esters is 2. The van der Waals surface area contributed by atoms with Gasteiger partial charge in [0.2, 0.25) is 0 Å². The molecule has 0 bridgehead atoms. The normalized spacial score (nSPS) is 11.8. The van der Waals surface area contributed by atoms with Gasteiger partial charge in [-0.25, -0.2) is 0 Å². The van der Waals surface area contributed by atoms with Crippen LogP contribution in [0, 0.1) is 0 Å². The van der Waals surface area contributed by atoms with E-state index in [0.29, 0.717) is 19.0 Å². The smallest absolute Gasteiger partial charge is 0.322 e. The highest BCUT2D eigenvalue weighted by molar-refractivity contribution is 6.64. The van der Waals surface area contributed by atoms with Crippen molar-refractivity contribution in [2.75, 3.05) is 14.2 Å². The number of hydrogen-bond acceptors (Lipinski definition) is 9. The number of ether oxygens (including phenoxy) is 2. The summed E-state index contributed by atoms with van der Waals surface area (Å²) in [4.78, 5) is 32.6. The van der Waals surface area contributed by atoms with Crippen LogP contribution in [0.25, 0.3) is 0 Å². The van der Waals surface area contributed by atoms with Crippen LogP contribution in [0.15, 0.2) is 48.5 Å². The van der Waals surface area contributed by atoms with E-state index in [-0.39, 0.29) is 11.5 Å². The van der Waals surface area contributed by atoms with Gasteiger partial charge in [-0.3, -0.25) is 9.59 Å². The molecule has 0 aliphatic rings. The van der Waals surface area contributed by atoms with Crippen molar-refractivity contribution >= 4 is 25.5 Å². The monoisotopic (exact) mass is 429 g/mol. The lowest BCUT2D eigenvalue weighted by Crippen LogP contribution is -2.42.